The smallest absolute Gasteiger partial charge is 0.325 e. The van der Waals surface area contributed by atoms with E-state index in [1.165, 1.54) is 0 Å². The Kier molecular flexibility index (Phi) is 5.08. The maximum atomic E-state index is 13.1. The molecule has 0 bridgehead atoms. The van der Waals surface area contributed by atoms with Gasteiger partial charge in [-0.05, 0) is 56.0 Å². The second-order valence-corrected chi connectivity index (χ2v) is 8.80. The standard InChI is InChI=1S/C25H27N5O3/c1-15-8-10-28(13-15)24(31)20-14-29-23(17(20)3)22(7-9-27-29)33-19-5-6-21-18(12-19)11-16(2)30(21)25(32)26-4/h5-7,9,11-12,14-15H,8,10,13H2,1-4H3,(H,26,32)/t15-/m0/s1. The van der Waals surface area contributed by atoms with Gasteiger partial charge in [0, 0.05) is 43.5 Å². The van der Waals surface area contributed by atoms with Crippen molar-refractivity contribution in [1.29, 1.82) is 0 Å². The first-order chi connectivity index (χ1) is 15.9. The SMILES string of the molecule is CNC(=O)n1c(C)cc2cc(Oc3ccnn4cc(C(=O)N5CC[C@H](C)C5)c(C)c34)ccc21. The van der Waals surface area contributed by atoms with Gasteiger partial charge in [-0.1, -0.05) is 6.92 Å². The van der Waals surface area contributed by atoms with Gasteiger partial charge in [-0.3, -0.25) is 9.36 Å². The highest BCUT2D eigenvalue weighted by atomic mass is 16.5. The summed E-state index contributed by atoms with van der Waals surface area (Å²) in [6.07, 6.45) is 4.49. The summed E-state index contributed by atoms with van der Waals surface area (Å²) in [5.41, 5.74) is 3.93. The zero-order chi connectivity index (χ0) is 23.3. The molecule has 1 N–H and O–H groups in total. The van der Waals surface area contributed by atoms with Gasteiger partial charge in [0.05, 0.1) is 17.3 Å². The Labute approximate surface area is 191 Å². The molecule has 5 rings (SSSR count). The molecular weight excluding hydrogens is 418 g/mol. The number of likely N-dealkylation sites (tertiary alicyclic amines) is 1. The van der Waals surface area contributed by atoms with Gasteiger partial charge in [-0.25, -0.2) is 9.31 Å². The fraction of sp³-hybridized carbons (Fsp3) is 0.320. The molecule has 1 aromatic carbocycles. The number of aryl methyl sites for hydroxylation is 2. The van der Waals surface area contributed by atoms with Gasteiger partial charge in [-0.2, -0.15) is 5.10 Å². The van der Waals surface area contributed by atoms with E-state index in [0.29, 0.717) is 23.0 Å². The summed E-state index contributed by atoms with van der Waals surface area (Å²) in [7, 11) is 1.61. The topological polar surface area (TPSA) is 80.9 Å². The Morgan fingerprint density at radius 2 is 2.00 bits per heavy atom. The lowest BCUT2D eigenvalue weighted by Gasteiger charge is -2.15. The van der Waals surface area contributed by atoms with Crippen LogP contribution in [0.15, 0.2) is 42.7 Å². The molecule has 2 amide bonds. The molecule has 170 valence electrons. The van der Waals surface area contributed by atoms with E-state index in [2.05, 4.69) is 17.3 Å². The monoisotopic (exact) mass is 445 g/mol. The number of carbonyl (C=O) groups is 2. The molecule has 4 heterocycles. The quantitative estimate of drug-likeness (QED) is 0.508. The lowest BCUT2D eigenvalue weighted by atomic mass is 10.1. The average Bonchev–Trinajstić information content (AvgIpc) is 3.47. The van der Waals surface area contributed by atoms with Gasteiger partial charge in [0.15, 0.2) is 5.75 Å². The third kappa shape index (κ3) is 3.51. The van der Waals surface area contributed by atoms with Crippen LogP contribution in [0, 0.1) is 19.8 Å². The van der Waals surface area contributed by atoms with E-state index in [1.807, 2.05) is 43.0 Å². The molecule has 1 aliphatic heterocycles. The molecule has 1 aliphatic rings. The molecule has 1 atom stereocenters. The van der Waals surface area contributed by atoms with Crippen molar-refractivity contribution in [3.8, 4) is 11.5 Å². The summed E-state index contributed by atoms with van der Waals surface area (Å²) in [6, 6.07) is 9.21. The van der Waals surface area contributed by atoms with Crippen molar-refractivity contribution >= 4 is 28.4 Å². The zero-order valence-electron chi connectivity index (χ0n) is 19.3. The Morgan fingerprint density at radius 1 is 1.18 bits per heavy atom. The van der Waals surface area contributed by atoms with Gasteiger partial charge in [0.1, 0.15) is 11.3 Å². The van der Waals surface area contributed by atoms with Crippen LogP contribution < -0.4 is 10.1 Å². The molecule has 3 aromatic heterocycles. The number of nitrogens with one attached hydrogen (secondary N) is 1. The third-order valence-electron chi connectivity index (χ3n) is 6.43. The zero-order valence-corrected chi connectivity index (χ0v) is 19.3. The molecule has 0 saturated carbocycles. The second kappa shape index (κ2) is 7.95. The Hall–Kier alpha value is -3.81. The van der Waals surface area contributed by atoms with Gasteiger partial charge in [0.2, 0.25) is 0 Å². The fourth-order valence-electron chi connectivity index (χ4n) is 4.71. The minimum Gasteiger partial charge on any atom is -0.455 e. The summed E-state index contributed by atoms with van der Waals surface area (Å²) in [5.74, 6) is 1.84. The van der Waals surface area contributed by atoms with Crippen LogP contribution in [0.4, 0.5) is 4.79 Å². The number of rotatable bonds is 3. The predicted octanol–water partition coefficient (Wildman–Crippen LogP) is 4.37. The third-order valence-corrected chi connectivity index (χ3v) is 6.43. The second-order valence-electron chi connectivity index (χ2n) is 8.80. The summed E-state index contributed by atoms with van der Waals surface area (Å²) < 4.78 is 9.60. The van der Waals surface area contributed by atoms with Crippen molar-refractivity contribution in [3.63, 3.8) is 0 Å². The van der Waals surface area contributed by atoms with E-state index < -0.39 is 0 Å². The van der Waals surface area contributed by atoms with E-state index in [1.54, 1.807) is 34.6 Å². The van der Waals surface area contributed by atoms with Crippen molar-refractivity contribution in [2.75, 3.05) is 20.1 Å². The number of hydrogen-bond acceptors (Lipinski definition) is 4. The van der Waals surface area contributed by atoms with Crippen molar-refractivity contribution in [1.82, 2.24) is 24.4 Å². The summed E-state index contributed by atoms with van der Waals surface area (Å²) in [6.45, 7) is 7.58. The Morgan fingerprint density at radius 3 is 2.73 bits per heavy atom. The van der Waals surface area contributed by atoms with E-state index in [0.717, 1.165) is 47.2 Å². The van der Waals surface area contributed by atoms with Gasteiger partial charge in [0.25, 0.3) is 5.91 Å². The first-order valence-corrected chi connectivity index (χ1v) is 11.2. The van der Waals surface area contributed by atoms with Crippen LogP contribution in [0.5, 0.6) is 11.5 Å². The maximum Gasteiger partial charge on any atom is 0.325 e. The molecule has 1 fully saturated rings. The van der Waals surface area contributed by atoms with Gasteiger partial charge < -0.3 is 15.0 Å². The first kappa shape index (κ1) is 21.1. The van der Waals surface area contributed by atoms with E-state index >= 15 is 0 Å². The van der Waals surface area contributed by atoms with Gasteiger partial charge >= 0.3 is 6.03 Å². The number of fused-ring (bicyclic) bond motifs is 2. The average molecular weight is 446 g/mol. The number of nitrogens with zero attached hydrogens (tertiary/aromatic N) is 4. The first-order valence-electron chi connectivity index (χ1n) is 11.2. The normalized spacial score (nSPS) is 16.0. The van der Waals surface area contributed by atoms with Gasteiger partial charge in [-0.15, -0.1) is 0 Å². The molecule has 0 radical (unpaired) electrons. The minimum absolute atomic E-state index is 0.0423. The lowest BCUT2D eigenvalue weighted by Crippen LogP contribution is -2.28. The van der Waals surface area contributed by atoms with Crippen LogP contribution in [-0.2, 0) is 0 Å². The highest BCUT2D eigenvalue weighted by molar-refractivity contribution is 5.98. The number of benzene rings is 1. The van der Waals surface area contributed by atoms with Crippen LogP contribution in [0.3, 0.4) is 0 Å². The summed E-state index contributed by atoms with van der Waals surface area (Å²) >= 11 is 0. The fourth-order valence-corrected chi connectivity index (χ4v) is 4.71. The molecule has 4 aromatic rings. The van der Waals surface area contributed by atoms with Crippen LogP contribution in [0.2, 0.25) is 0 Å². The maximum absolute atomic E-state index is 13.1. The Balaban J connectivity index is 1.50. The molecule has 8 heteroatoms. The summed E-state index contributed by atoms with van der Waals surface area (Å²) in [5, 5.41) is 7.98. The van der Waals surface area contributed by atoms with Crippen molar-refractivity contribution in [3.05, 3.63) is 59.5 Å². The molecule has 8 nitrogen and oxygen atoms in total. The van der Waals surface area contributed by atoms with Crippen LogP contribution >= 0.6 is 0 Å². The number of carbonyl (C=O) groups excluding carboxylic acids is 2. The lowest BCUT2D eigenvalue weighted by molar-refractivity contribution is 0.0787. The minimum atomic E-state index is -0.180. The predicted molar refractivity (Wildman–Crippen MR) is 126 cm³/mol. The highest BCUT2D eigenvalue weighted by Crippen LogP contribution is 2.33. The summed E-state index contributed by atoms with van der Waals surface area (Å²) in [4.78, 5) is 27.3. The molecule has 0 spiro atoms. The van der Waals surface area contributed by atoms with Crippen LogP contribution in [0.25, 0.3) is 16.4 Å². The molecule has 0 aliphatic carbocycles. The number of aromatic nitrogens is 3. The van der Waals surface area contributed by atoms with E-state index in [-0.39, 0.29) is 11.9 Å². The molecule has 0 unspecified atom stereocenters. The largest absolute Gasteiger partial charge is 0.455 e. The molecular formula is C25H27N5O3. The van der Waals surface area contributed by atoms with Crippen LogP contribution in [0.1, 0.15) is 35.0 Å². The molecule has 33 heavy (non-hydrogen) atoms. The van der Waals surface area contributed by atoms with E-state index in [9.17, 15) is 9.59 Å². The van der Waals surface area contributed by atoms with Crippen LogP contribution in [-0.4, -0.2) is 51.2 Å². The number of ether oxygens (including phenoxy) is 1. The van der Waals surface area contributed by atoms with Crippen molar-refractivity contribution in [2.45, 2.75) is 27.2 Å². The van der Waals surface area contributed by atoms with E-state index in [4.69, 9.17) is 4.74 Å². The Bertz CT molecular complexity index is 1400. The number of hydrogen-bond donors (Lipinski definition) is 1. The highest BCUT2D eigenvalue weighted by Gasteiger charge is 2.27. The van der Waals surface area contributed by atoms with Crippen molar-refractivity contribution < 1.29 is 14.3 Å². The number of amides is 2. The van der Waals surface area contributed by atoms with Crippen molar-refractivity contribution in [2.24, 2.45) is 5.92 Å². The molecule has 1 saturated heterocycles.